The molecule has 2 aliphatic rings. The van der Waals surface area contributed by atoms with Gasteiger partial charge in [0.2, 0.25) is 5.91 Å². The van der Waals surface area contributed by atoms with Crippen molar-refractivity contribution in [3.8, 4) is 0 Å². The van der Waals surface area contributed by atoms with Crippen LogP contribution in [0, 0.1) is 4.77 Å². The number of H-pyrrole nitrogens is 1. The fourth-order valence-corrected chi connectivity index (χ4v) is 4.77. The van der Waals surface area contributed by atoms with Gasteiger partial charge >= 0.3 is 0 Å². The molecule has 1 saturated carbocycles. The van der Waals surface area contributed by atoms with Crippen LogP contribution < -0.4 is 0 Å². The summed E-state index contributed by atoms with van der Waals surface area (Å²) in [5.41, 5.74) is 0.905. The minimum atomic E-state index is -0.280. The topological polar surface area (TPSA) is 53.9 Å². The monoisotopic (exact) mass is 370 g/mol. The van der Waals surface area contributed by atoms with E-state index >= 15 is 0 Å². The summed E-state index contributed by atoms with van der Waals surface area (Å²) in [4.78, 5) is 15.4. The average molecular weight is 371 g/mol. The van der Waals surface area contributed by atoms with Crippen LogP contribution in [-0.2, 0) is 16.8 Å². The zero-order valence-electron chi connectivity index (χ0n) is 15.3. The lowest BCUT2D eigenvalue weighted by Crippen LogP contribution is -2.53. The highest BCUT2D eigenvalue weighted by molar-refractivity contribution is 7.71. The van der Waals surface area contributed by atoms with Crippen molar-refractivity contribution in [2.24, 2.45) is 0 Å². The van der Waals surface area contributed by atoms with Crippen LogP contribution in [0.4, 0.5) is 0 Å². The summed E-state index contributed by atoms with van der Waals surface area (Å²) in [6, 6.07) is 10.3. The van der Waals surface area contributed by atoms with Gasteiger partial charge in [0.05, 0.1) is 5.41 Å². The zero-order valence-corrected chi connectivity index (χ0v) is 16.1. The normalized spacial score (nSPS) is 20.0. The second kappa shape index (κ2) is 6.99. The number of nitrogens with zero attached hydrogens (tertiary/aromatic N) is 3. The largest absolute Gasteiger partial charge is 0.342 e. The molecular weight excluding hydrogens is 344 g/mol. The van der Waals surface area contributed by atoms with Gasteiger partial charge in [0.1, 0.15) is 5.82 Å². The Morgan fingerprint density at radius 1 is 1.27 bits per heavy atom. The van der Waals surface area contributed by atoms with Gasteiger partial charge in [-0.05, 0) is 50.4 Å². The maximum absolute atomic E-state index is 13.4. The first-order chi connectivity index (χ1) is 12.7. The number of amides is 1. The van der Waals surface area contributed by atoms with E-state index in [0.717, 1.165) is 57.6 Å². The van der Waals surface area contributed by atoms with Gasteiger partial charge in [-0.3, -0.25) is 9.89 Å². The van der Waals surface area contributed by atoms with Gasteiger partial charge in [-0.15, -0.1) is 0 Å². The molecule has 0 radical (unpaired) electrons. The molecule has 4 rings (SSSR count). The number of carbonyl (C=O) groups excluding carboxylic acids is 1. The number of hydrogen-bond donors (Lipinski definition) is 1. The third kappa shape index (κ3) is 2.80. The lowest BCUT2D eigenvalue weighted by molar-refractivity contribution is -0.142. The average Bonchev–Trinajstić information content (AvgIpc) is 3.02. The predicted molar refractivity (Wildman–Crippen MR) is 104 cm³/mol. The molecule has 1 aromatic carbocycles. The molecule has 5 nitrogen and oxygen atoms in total. The predicted octanol–water partition coefficient (Wildman–Crippen LogP) is 3.79. The van der Waals surface area contributed by atoms with Crippen molar-refractivity contribution in [2.75, 3.05) is 13.1 Å². The molecule has 1 aliphatic carbocycles. The quantitative estimate of drug-likeness (QED) is 0.833. The summed E-state index contributed by atoms with van der Waals surface area (Å²) in [6.45, 7) is 4.54. The summed E-state index contributed by atoms with van der Waals surface area (Å²) in [5.74, 6) is 1.75. The van der Waals surface area contributed by atoms with Crippen molar-refractivity contribution in [3.63, 3.8) is 0 Å². The molecule has 0 unspecified atom stereocenters. The first-order valence-electron chi connectivity index (χ1n) is 9.66. The van der Waals surface area contributed by atoms with Crippen LogP contribution in [0.2, 0.25) is 0 Å². The molecule has 1 aliphatic heterocycles. The van der Waals surface area contributed by atoms with Crippen LogP contribution >= 0.6 is 12.2 Å². The Morgan fingerprint density at radius 2 is 1.96 bits per heavy atom. The molecular formula is C20H26N4OS. The van der Waals surface area contributed by atoms with Crippen LogP contribution in [0.3, 0.4) is 0 Å². The van der Waals surface area contributed by atoms with Crippen molar-refractivity contribution in [2.45, 2.75) is 56.9 Å². The highest BCUT2D eigenvalue weighted by atomic mass is 32.1. The van der Waals surface area contributed by atoms with Crippen LogP contribution in [0.15, 0.2) is 30.3 Å². The van der Waals surface area contributed by atoms with E-state index in [0.29, 0.717) is 16.6 Å². The first kappa shape index (κ1) is 17.5. The number of aromatic amines is 1. The lowest BCUT2D eigenvalue weighted by atomic mass is 9.63. The van der Waals surface area contributed by atoms with Gasteiger partial charge in [-0.2, -0.15) is 5.10 Å². The Bertz CT molecular complexity index is 829. The highest BCUT2D eigenvalue weighted by Crippen LogP contribution is 2.45. The first-order valence-corrected chi connectivity index (χ1v) is 10.1. The van der Waals surface area contributed by atoms with Crippen molar-refractivity contribution in [1.82, 2.24) is 19.7 Å². The van der Waals surface area contributed by atoms with E-state index in [-0.39, 0.29) is 5.41 Å². The molecule has 2 aromatic rings. The van der Waals surface area contributed by atoms with Crippen molar-refractivity contribution in [3.05, 3.63) is 46.5 Å². The van der Waals surface area contributed by atoms with E-state index in [2.05, 4.69) is 38.7 Å². The fraction of sp³-hybridized carbons (Fsp3) is 0.550. The minimum absolute atomic E-state index is 0.280. The Hall–Kier alpha value is -1.95. The molecule has 0 bridgehead atoms. The minimum Gasteiger partial charge on any atom is -0.342 e. The van der Waals surface area contributed by atoms with E-state index in [1.807, 2.05) is 18.2 Å². The summed E-state index contributed by atoms with van der Waals surface area (Å²) in [7, 11) is 0. The third-order valence-electron chi connectivity index (χ3n) is 6.19. The van der Waals surface area contributed by atoms with E-state index in [4.69, 9.17) is 12.2 Å². The molecule has 1 aromatic heterocycles. The smallest absolute Gasteiger partial charge is 0.233 e. The summed E-state index contributed by atoms with van der Waals surface area (Å²) < 4.78 is 2.77. The summed E-state index contributed by atoms with van der Waals surface area (Å²) in [6.07, 6.45) is 5.00. The van der Waals surface area contributed by atoms with Crippen LogP contribution in [-0.4, -0.2) is 38.7 Å². The van der Waals surface area contributed by atoms with Crippen molar-refractivity contribution in [1.29, 1.82) is 0 Å². The number of likely N-dealkylation sites (tertiary alicyclic amines) is 1. The number of aromatic nitrogens is 3. The van der Waals surface area contributed by atoms with Crippen molar-refractivity contribution >= 4 is 18.1 Å². The fourth-order valence-electron chi connectivity index (χ4n) is 4.50. The standard InChI is InChI=1S/C20H26N4OS/c1-2-24-17(21-22-19(24)26)15-9-13-23(14-10-15)18(25)20(11-6-12-20)16-7-4-3-5-8-16/h3-5,7-8,15H,2,6,9-14H2,1H3,(H,22,26). The molecule has 2 heterocycles. The van der Waals surface area contributed by atoms with Crippen molar-refractivity contribution < 1.29 is 4.79 Å². The van der Waals surface area contributed by atoms with E-state index < -0.39 is 0 Å². The number of carbonyl (C=O) groups is 1. The van der Waals surface area contributed by atoms with Gasteiger partial charge in [-0.1, -0.05) is 36.8 Å². The molecule has 1 saturated heterocycles. The zero-order chi connectivity index (χ0) is 18.1. The number of benzene rings is 1. The van der Waals surface area contributed by atoms with Crippen LogP contribution in [0.1, 0.15) is 56.3 Å². The Kier molecular flexibility index (Phi) is 4.69. The van der Waals surface area contributed by atoms with E-state index in [1.165, 1.54) is 5.56 Å². The van der Waals surface area contributed by atoms with Gasteiger partial charge in [0.25, 0.3) is 0 Å². The number of rotatable bonds is 4. The lowest BCUT2D eigenvalue weighted by Gasteiger charge is -2.45. The number of hydrogen-bond acceptors (Lipinski definition) is 3. The molecule has 0 spiro atoms. The SMILES string of the molecule is CCn1c(C2CCN(C(=O)C3(c4ccccc4)CCC3)CC2)n[nH]c1=S. The van der Waals surface area contributed by atoms with E-state index in [1.54, 1.807) is 0 Å². The second-order valence-corrected chi connectivity index (χ2v) is 7.89. The summed E-state index contributed by atoms with van der Waals surface area (Å²) >= 11 is 5.31. The molecule has 6 heteroatoms. The van der Waals surface area contributed by atoms with Gasteiger partial charge in [0, 0.05) is 25.6 Å². The molecule has 0 atom stereocenters. The van der Waals surface area contributed by atoms with Gasteiger partial charge < -0.3 is 9.47 Å². The Morgan fingerprint density at radius 3 is 2.54 bits per heavy atom. The highest BCUT2D eigenvalue weighted by Gasteiger charge is 2.48. The summed E-state index contributed by atoms with van der Waals surface area (Å²) in [5, 5.41) is 7.36. The Labute approximate surface area is 159 Å². The number of piperidine rings is 1. The van der Waals surface area contributed by atoms with Crippen LogP contribution in [0.25, 0.3) is 0 Å². The Balaban J connectivity index is 1.48. The molecule has 1 N–H and O–H groups in total. The van der Waals surface area contributed by atoms with Gasteiger partial charge in [0.15, 0.2) is 4.77 Å². The van der Waals surface area contributed by atoms with Gasteiger partial charge in [-0.25, -0.2) is 0 Å². The molecule has 26 heavy (non-hydrogen) atoms. The van der Waals surface area contributed by atoms with Crippen LogP contribution in [0.5, 0.6) is 0 Å². The maximum Gasteiger partial charge on any atom is 0.233 e. The third-order valence-corrected chi connectivity index (χ3v) is 6.51. The molecule has 138 valence electrons. The molecule has 1 amide bonds. The molecule has 2 fully saturated rings. The van der Waals surface area contributed by atoms with E-state index in [9.17, 15) is 4.79 Å². The second-order valence-electron chi connectivity index (χ2n) is 7.50. The maximum atomic E-state index is 13.4. The number of nitrogens with one attached hydrogen (secondary N) is 1.